The van der Waals surface area contributed by atoms with Crippen LogP contribution < -0.4 is 0 Å². The van der Waals surface area contributed by atoms with E-state index in [2.05, 4.69) is 4.74 Å². The minimum atomic E-state index is -0.322. The summed E-state index contributed by atoms with van der Waals surface area (Å²) < 4.78 is 9.61. The van der Waals surface area contributed by atoms with Crippen LogP contribution in [0.4, 0.5) is 0 Å². The lowest BCUT2D eigenvalue weighted by Crippen LogP contribution is -2.07. The Morgan fingerprint density at radius 3 is 2.37 bits per heavy atom. The van der Waals surface area contributed by atoms with Crippen LogP contribution in [0.1, 0.15) is 41.8 Å². The molecule has 4 heteroatoms. The van der Waals surface area contributed by atoms with Gasteiger partial charge in [0.2, 0.25) is 0 Å². The predicted octanol–water partition coefficient (Wildman–Crippen LogP) is 2.53. The maximum atomic E-state index is 11.7. The summed E-state index contributed by atoms with van der Waals surface area (Å²) in [5.41, 5.74) is 2.55. The Balaban J connectivity index is 2.88. The third-order valence-electron chi connectivity index (χ3n) is 2.82. The van der Waals surface area contributed by atoms with Crippen LogP contribution in [0.25, 0.3) is 0 Å². The number of hydrogen-bond acceptors (Lipinski definition) is 4. The number of carbonyl (C=O) groups excluding carboxylic acids is 2. The summed E-state index contributed by atoms with van der Waals surface area (Å²) >= 11 is 0. The summed E-state index contributed by atoms with van der Waals surface area (Å²) in [6, 6.07) is 5.62. The van der Waals surface area contributed by atoms with E-state index in [1.807, 2.05) is 19.1 Å². The molecule has 0 aliphatic rings. The number of benzene rings is 1. The second-order valence-electron chi connectivity index (χ2n) is 4.19. The van der Waals surface area contributed by atoms with Crippen LogP contribution in [0, 0.1) is 0 Å². The van der Waals surface area contributed by atoms with Crippen LogP contribution in [-0.2, 0) is 27.1 Å². The highest BCUT2D eigenvalue weighted by Gasteiger charge is 2.10. The highest BCUT2D eigenvalue weighted by atomic mass is 16.5. The highest BCUT2D eigenvalue weighted by molar-refractivity contribution is 5.89. The average molecular weight is 264 g/mol. The molecule has 0 unspecified atom stereocenters. The first kappa shape index (κ1) is 15.2. The molecule has 1 rings (SSSR count). The summed E-state index contributed by atoms with van der Waals surface area (Å²) in [4.78, 5) is 22.9. The molecule has 0 heterocycles. The molecule has 0 spiro atoms. The van der Waals surface area contributed by atoms with E-state index >= 15 is 0 Å². The van der Waals surface area contributed by atoms with Crippen LogP contribution >= 0.6 is 0 Å². The summed E-state index contributed by atoms with van der Waals surface area (Å²) in [7, 11) is 1.37. The molecule has 0 aliphatic carbocycles. The topological polar surface area (TPSA) is 52.6 Å². The van der Waals surface area contributed by atoms with Crippen molar-refractivity contribution in [1.82, 2.24) is 0 Å². The van der Waals surface area contributed by atoms with Gasteiger partial charge in [-0.1, -0.05) is 13.0 Å². The van der Waals surface area contributed by atoms with E-state index in [0.29, 0.717) is 25.0 Å². The summed E-state index contributed by atoms with van der Waals surface area (Å²) in [6.07, 6.45) is 1.71. The third kappa shape index (κ3) is 4.73. The van der Waals surface area contributed by atoms with Gasteiger partial charge in [0, 0.05) is 6.42 Å². The Morgan fingerprint density at radius 2 is 1.79 bits per heavy atom. The molecular formula is C15H20O4. The van der Waals surface area contributed by atoms with Crippen LogP contribution in [0.5, 0.6) is 0 Å². The fourth-order valence-electron chi connectivity index (χ4n) is 1.79. The van der Waals surface area contributed by atoms with Crippen molar-refractivity contribution in [2.45, 2.75) is 33.1 Å². The van der Waals surface area contributed by atoms with Crippen molar-refractivity contribution in [3.8, 4) is 0 Å². The van der Waals surface area contributed by atoms with Gasteiger partial charge in [-0.25, -0.2) is 4.79 Å². The Kier molecular flexibility index (Phi) is 6.06. The molecule has 0 amide bonds. The molecule has 4 nitrogen and oxygen atoms in total. The molecule has 0 saturated heterocycles. The molecule has 0 bridgehead atoms. The van der Waals surface area contributed by atoms with Crippen molar-refractivity contribution >= 4 is 11.9 Å². The van der Waals surface area contributed by atoms with Crippen LogP contribution in [0.15, 0.2) is 18.2 Å². The molecule has 0 aliphatic heterocycles. The first-order valence-electron chi connectivity index (χ1n) is 6.47. The zero-order valence-electron chi connectivity index (χ0n) is 11.7. The molecule has 104 valence electrons. The number of rotatable bonds is 6. The lowest BCUT2D eigenvalue weighted by Gasteiger charge is -2.08. The SMILES string of the molecule is CCOC(=O)c1cc(CC)cc(CCC(=O)OC)c1. The quantitative estimate of drug-likeness (QED) is 0.741. The molecule has 0 fully saturated rings. The lowest BCUT2D eigenvalue weighted by atomic mass is 10.0. The number of ether oxygens (including phenoxy) is 2. The first-order chi connectivity index (χ1) is 9.10. The van der Waals surface area contributed by atoms with E-state index in [0.717, 1.165) is 17.5 Å². The minimum Gasteiger partial charge on any atom is -0.469 e. The van der Waals surface area contributed by atoms with E-state index in [1.54, 1.807) is 13.0 Å². The van der Waals surface area contributed by atoms with Gasteiger partial charge >= 0.3 is 11.9 Å². The van der Waals surface area contributed by atoms with Gasteiger partial charge in [0.25, 0.3) is 0 Å². The summed E-state index contributed by atoms with van der Waals surface area (Å²) in [5, 5.41) is 0. The maximum Gasteiger partial charge on any atom is 0.338 e. The van der Waals surface area contributed by atoms with Crippen molar-refractivity contribution in [3.05, 3.63) is 34.9 Å². The van der Waals surface area contributed by atoms with Crippen molar-refractivity contribution in [2.24, 2.45) is 0 Å². The van der Waals surface area contributed by atoms with Gasteiger partial charge < -0.3 is 9.47 Å². The van der Waals surface area contributed by atoms with E-state index in [-0.39, 0.29) is 11.9 Å². The number of aryl methyl sites for hydroxylation is 2. The number of methoxy groups -OCH3 is 1. The molecule has 1 aromatic carbocycles. The van der Waals surface area contributed by atoms with Crippen molar-refractivity contribution in [1.29, 1.82) is 0 Å². The standard InChI is InChI=1S/C15H20O4/c1-4-11-8-12(6-7-14(16)18-3)10-13(9-11)15(17)19-5-2/h8-10H,4-7H2,1-3H3. The highest BCUT2D eigenvalue weighted by Crippen LogP contribution is 2.14. The smallest absolute Gasteiger partial charge is 0.338 e. The van der Waals surface area contributed by atoms with Gasteiger partial charge in [0.1, 0.15) is 0 Å². The van der Waals surface area contributed by atoms with E-state index in [1.165, 1.54) is 7.11 Å². The number of carbonyl (C=O) groups is 2. The van der Waals surface area contributed by atoms with Gasteiger partial charge in [-0.3, -0.25) is 4.79 Å². The Morgan fingerprint density at radius 1 is 1.11 bits per heavy atom. The molecular weight excluding hydrogens is 244 g/mol. The summed E-state index contributed by atoms with van der Waals surface area (Å²) in [5.74, 6) is -0.572. The molecule has 0 N–H and O–H groups in total. The fourth-order valence-corrected chi connectivity index (χ4v) is 1.79. The number of hydrogen-bond donors (Lipinski definition) is 0. The fraction of sp³-hybridized carbons (Fsp3) is 0.467. The molecule has 0 atom stereocenters. The molecule has 0 radical (unpaired) electrons. The van der Waals surface area contributed by atoms with Gasteiger partial charge in [-0.2, -0.15) is 0 Å². The second-order valence-corrected chi connectivity index (χ2v) is 4.19. The maximum absolute atomic E-state index is 11.7. The molecule has 0 aromatic heterocycles. The first-order valence-corrected chi connectivity index (χ1v) is 6.47. The van der Waals surface area contributed by atoms with Gasteiger partial charge in [0.05, 0.1) is 19.3 Å². The molecule has 1 aromatic rings. The molecule has 0 saturated carbocycles. The summed E-state index contributed by atoms with van der Waals surface area (Å²) in [6.45, 7) is 4.15. The Hall–Kier alpha value is -1.84. The monoisotopic (exact) mass is 264 g/mol. The van der Waals surface area contributed by atoms with Gasteiger partial charge in [0.15, 0.2) is 0 Å². The van der Waals surface area contributed by atoms with Crippen LogP contribution in [0.3, 0.4) is 0 Å². The normalized spacial score (nSPS) is 10.1. The van der Waals surface area contributed by atoms with Crippen LogP contribution in [0.2, 0.25) is 0 Å². The predicted molar refractivity (Wildman–Crippen MR) is 72.1 cm³/mol. The van der Waals surface area contributed by atoms with Crippen molar-refractivity contribution in [2.75, 3.05) is 13.7 Å². The van der Waals surface area contributed by atoms with E-state index < -0.39 is 0 Å². The van der Waals surface area contributed by atoms with Gasteiger partial charge in [-0.05, 0) is 43.0 Å². The zero-order valence-corrected chi connectivity index (χ0v) is 11.7. The zero-order chi connectivity index (χ0) is 14.3. The van der Waals surface area contributed by atoms with E-state index in [9.17, 15) is 9.59 Å². The Bertz CT molecular complexity index is 451. The third-order valence-corrected chi connectivity index (χ3v) is 2.82. The largest absolute Gasteiger partial charge is 0.469 e. The van der Waals surface area contributed by atoms with E-state index in [4.69, 9.17) is 4.74 Å². The van der Waals surface area contributed by atoms with Crippen LogP contribution in [-0.4, -0.2) is 25.7 Å². The van der Waals surface area contributed by atoms with Crippen molar-refractivity contribution in [3.63, 3.8) is 0 Å². The molecule has 19 heavy (non-hydrogen) atoms. The Labute approximate surface area is 113 Å². The lowest BCUT2D eigenvalue weighted by molar-refractivity contribution is -0.140. The second kappa shape index (κ2) is 7.56. The average Bonchev–Trinajstić information content (AvgIpc) is 2.44. The van der Waals surface area contributed by atoms with Gasteiger partial charge in [-0.15, -0.1) is 0 Å². The minimum absolute atomic E-state index is 0.250. The number of esters is 2. The van der Waals surface area contributed by atoms with Crippen molar-refractivity contribution < 1.29 is 19.1 Å².